The zero-order valence-corrected chi connectivity index (χ0v) is 34.0. The smallest absolute Gasteiger partial charge is 0.140 e. The predicted molar refractivity (Wildman–Crippen MR) is 267 cm³/mol. The third-order valence-corrected chi connectivity index (χ3v) is 12.8. The first-order valence-electron chi connectivity index (χ1n) is 25.2. The van der Waals surface area contributed by atoms with Crippen molar-refractivity contribution in [2.45, 2.75) is 0 Å². The first kappa shape index (κ1) is 28.0. The summed E-state index contributed by atoms with van der Waals surface area (Å²) in [6.07, 6.45) is 0. The second-order valence-corrected chi connectivity index (χ2v) is 16.1. The van der Waals surface area contributed by atoms with Gasteiger partial charge in [-0.3, -0.25) is 4.57 Å². The molecule has 14 aromatic rings. The largest absolute Gasteiger partial charge is 0.309 e. The number of pyridine rings is 1. The summed E-state index contributed by atoms with van der Waals surface area (Å²) in [6.45, 7) is 0. The summed E-state index contributed by atoms with van der Waals surface area (Å²) >= 11 is 0. The maximum Gasteiger partial charge on any atom is 0.140 e. The van der Waals surface area contributed by atoms with Crippen molar-refractivity contribution >= 4 is 87.2 Å². The second-order valence-electron chi connectivity index (χ2n) is 16.1. The molecule has 0 aliphatic heterocycles. The number of hydrogen-bond acceptors (Lipinski definition) is 1. The van der Waals surface area contributed by atoms with Gasteiger partial charge in [0, 0.05) is 54.7 Å². The van der Waals surface area contributed by atoms with Crippen LogP contribution in [0.2, 0.25) is 0 Å². The van der Waals surface area contributed by atoms with E-state index >= 15 is 0 Å². The molecule has 0 bridgehead atoms. The normalized spacial score (nSPS) is 13.8. The maximum atomic E-state index is 9.52. The molecule has 298 valence electrons. The Bertz CT molecular complexity index is 4330. The average molecular weight is 824 g/mol. The number of benzene rings is 9. The molecule has 0 N–H and O–H groups in total. The highest BCUT2D eigenvalue weighted by Crippen LogP contribution is 2.44. The molecule has 0 aliphatic rings. The van der Waals surface area contributed by atoms with Gasteiger partial charge < -0.3 is 13.7 Å². The van der Waals surface area contributed by atoms with Crippen LogP contribution in [0.3, 0.4) is 0 Å². The van der Waals surface area contributed by atoms with Crippen molar-refractivity contribution in [1.29, 1.82) is 0 Å². The Hall–Kier alpha value is -8.67. The second kappa shape index (κ2) is 13.4. The summed E-state index contributed by atoms with van der Waals surface area (Å²) in [7, 11) is 0. The summed E-state index contributed by atoms with van der Waals surface area (Å²) in [5.74, 6) is 0.185. The molecule has 5 aromatic heterocycles. The van der Waals surface area contributed by atoms with E-state index in [1.54, 1.807) is 0 Å². The van der Waals surface area contributed by atoms with Gasteiger partial charge in [0.1, 0.15) is 5.82 Å². The van der Waals surface area contributed by atoms with E-state index in [0.717, 1.165) is 82.4 Å². The third kappa shape index (κ3) is 4.86. The molecule has 0 saturated heterocycles. The van der Waals surface area contributed by atoms with Crippen molar-refractivity contribution in [1.82, 2.24) is 23.3 Å². The number of hydrogen-bond donors (Lipinski definition) is 0. The summed E-state index contributed by atoms with van der Waals surface area (Å²) in [4.78, 5) is 5.64. The highest BCUT2D eigenvalue weighted by molar-refractivity contribution is 6.13. The fourth-order valence-corrected chi connectivity index (χ4v) is 10.3. The van der Waals surface area contributed by atoms with Crippen molar-refractivity contribution in [2.75, 3.05) is 0 Å². The van der Waals surface area contributed by atoms with Crippen molar-refractivity contribution in [2.24, 2.45) is 0 Å². The molecule has 5 nitrogen and oxygen atoms in total. The van der Waals surface area contributed by atoms with Gasteiger partial charge in [-0.05, 0) is 66.7 Å². The van der Waals surface area contributed by atoms with Gasteiger partial charge in [0.05, 0.1) is 77.9 Å². The molecule has 9 aromatic carbocycles. The van der Waals surface area contributed by atoms with E-state index in [1.807, 2.05) is 78.9 Å². The number of rotatable bonds is 5. The fraction of sp³-hybridized carbons (Fsp3) is 0. The molecule has 5 heterocycles. The zero-order chi connectivity index (χ0) is 48.8. The van der Waals surface area contributed by atoms with E-state index in [-0.39, 0.29) is 27.6 Å². The summed E-state index contributed by atoms with van der Waals surface area (Å²) in [6, 6.07) is 56.3. The lowest BCUT2D eigenvalue weighted by molar-refractivity contribution is 1.05. The molecule has 0 atom stereocenters. The van der Waals surface area contributed by atoms with Crippen LogP contribution in [-0.2, 0) is 0 Å². The van der Waals surface area contributed by atoms with Gasteiger partial charge in [0.25, 0.3) is 0 Å². The van der Waals surface area contributed by atoms with E-state index in [0.29, 0.717) is 11.4 Å². The molecule has 5 heteroatoms. The van der Waals surface area contributed by atoms with Crippen LogP contribution < -0.4 is 0 Å². The number of fused-ring (bicyclic) bond motifs is 12. The quantitative estimate of drug-likeness (QED) is 0.170. The Balaban J connectivity index is 1.22. The highest BCUT2D eigenvalue weighted by atomic mass is 15.1. The van der Waals surface area contributed by atoms with Crippen molar-refractivity contribution < 1.29 is 11.0 Å². The van der Waals surface area contributed by atoms with Crippen molar-refractivity contribution in [3.05, 3.63) is 224 Å². The first-order valence-corrected chi connectivity index (χ1v) is 21.2. The molecule has 0 saturated carbocycles. The zero-order valence-electron chi connectivity index (χ0n) is 42.0. The summed E-state index contributed by atoms with van der Waals surface area (Å²) in [5.41, 5.74) is 9.23. The van der Waals surface area contributed by atoms with Gasteiger partial charge in [-0.2, -0.15) is 0 Å². The third-order valence-electron chi connectivity index (χ3n) is 12.8. The fourth-order valence-electron chi connectivity index (χ4n) is 10.3. The Labute approximate surface area is 378 Å². The Morgan fingerprint density at radius 3 is 1.08 bits per heavy atom. The van der Waals surface area contributed by atoms with Gasteiger partial charge in [-0.25, -0.2) is 4.98 Å². The maximum absolute atomic E-state index is 9.52. The molecule has 0 radical (unpaired) electrons. The van der Waals surface area contributed by atoms with Crippen LogP contribution in [0.25, 0.3) is 121 Å². The van der Waals surface area contributed by atoms with Crippen molar-refractivity contribution in [3.63, 3.8) is 0 Å². The van der Waals surface area contributed by atoms with Gasteiger partial charge in [-0.1, -0.05) is 152 Å². The molecule has 0 aliphatic carbocycles. The van der Waals surface area contributed by atoms with Gasteiger partial charge in [0.2, 0.25) is 0 Å². The van der Waals surface area contributed by atoms with Crippen LogP contribution in [0.5, 0.6) is 0 Å². The molecule has 14 rings (SSSR count). The Kier molecular flexibility index (Phi) is 5.88. The highest BCUT2D eigenvalue weighted by Gasteiger charge is 2.25. The number of nitrogens with zero attached hydrogens (tertiary/aromatic N) is 5. The topological polar surface area (TPSA) is 32.6 Å². The monoisotopic (exact) mass is 823 g/mol. The van der Waals surface area contributed by atoms with Crippen LogP contribution >= 0.6 is 0 Å². The Morgan fingerprint density at radius 1 is 0.312 bits per heavy atom. The van der Waals surface area contributed by atoms with Crippen LogP contribution in [0.15, 0.2) is 224 Å². The van der Waals surface area contributed by atoms with E-state index < -0.39 is 48.3 Å². The van der Waals surface area contributed by atoms with Crippen molar-refractivity contribution in [3.8, 4) is 34.1 Å². The minimum atomic E-state index is -0.512. The SMILES string of the molecule is [2H]c1c([2H])c([2H])c2c(c1[2H])c1c([2H])c([2H])c([2H])c([2H])c1n2-c1cc(-n2c3ccccc3c3ccccc32)cc(-c2c(-n3c4ccccc4c4ccccc43)cccc2-n2c3ccccc3c3ccccc32)n1. The standard InChI is InChI=1S/C59H37N5/c1-9-26-48-39(18-1)40-19-2-10-27-49(40)61(48)38-36-47(60-58(37-38)64-54-32-15-7-24-45(54)46-25-8-16-33-55(46)64)59-56(62-50-28-11-3-20-41(50)42-21-4-12-29-51(42)62)34-17-35-57(59)63-52-30-13-5-22-43(52)44-23-6-14-31-53(44)63/h1-37H/i7D,8D,15D,16D,24D,25D,32D,33D. The summed E-state index contributed by atoms with van der Waals surface area (Å²) < 4.78 is 81.4. The van der Waals surface area contributed by atoms with Crippen LogP contribution in [0, 0.1) is 0 Å². The molecular weight excluding hydrogens is 779 g/mol. The van der Waals surface area contributed by atoms with Crippen LogP contribution in [-0.4, -0.2) is 23.3 Å². The van der Waals surface area contributed by atoms with Gasteiger partial charge >= 0.3 is 0 Å². The van der Waals surface area contributed by atoms with Crippen LogP contribution in [0.1, 0.15) is 11.0 Å². The minimum absolute atomic E-state index is 0.0147. The molecular formula is C59H37N5. The lowest BCUT2D eigenvalue weighted by Crippen LogP contribution is -2.07. The van der Waals surface area contributed by atoms with E-state index in [2.05, 4.69) is 111 Å². The minimum Gasteiger partial charge on any atom is -0.309 e. The lowest BCUT2D eigenvalue weighted by atomic mass is 10.0. The molecule has 64 heavy (non-hydrogen) atoms. The molecule has 0 amide bonds. The van der Waals surface area contributed by atoms with Gasteiger partial charge in [-0.15, -0.1) is 0 Å². The molecule has 0 fully saturated rings. The number of para-hydroxylation sites is 8. The molecule has 0 unspecified atom stereocenters. The number of aromatic nitrogens is 5. The van der Waals surface area contributed by atoms with Gasteiger partial charge in [0.15, 0.2) is 0 Å². The summed E-state index contributed by atoms with van der Waals surface area (Å²) in [5, 5.41) is 6.28. The Morgan fingerprint density at radius 2 is 0.672 bits per heavy atom. The molecule has 0 spiro atoms. The average Bonchev–Trinajstić information content (AvgIpc) is 4.16. The first-order chi connectivity index (χ1) is 35.1. The van der Waals surface area contributed by atoms with E-state index in [9.17, 15) is 5.48 Å². The van der Waals surface area contributed by atoms with E-state index in [1.165, 1.54) is 4.57 Å². The lowest BCUT2D eigenvalue weighted by Gasteiger charge is -2.21. The van der Waals surface area contributed by atoms with Crippen LogP contribution in [0.4, 0.5) is 0 Å². The predicted octanol–water partition coefficient (Wildman–Crippen LogP) is 15.1. The van der Waals surface area contributed by atoms with E-state index in [4.69, 9.17) is 10.5 Å².